The van der Waals surface area contributed by atoms with Crippen LogP contribution in [0.3, 0.4) is 0 Å². The Balaban J connectivity index is 1.64. The summed E-state index contributed by atoms with van der Waals surface area (Å²) in [4.78, 5) is 65.0. The Hall–Kier alpha value is -2.86. The van der Waals surface area contributed by atoms with Crippen LogP contribution in [0.1, 0.15) is 55.6 Å². The minimum absolute atomic E-state index is 0.0361. The van der Waals surface area contributed by atoms with Crippen molar-refractivity contribution in [3.63, 3.8) is 0 Å². The molecule has 0 unspecified atom stereocenters. The molecule has 2 aliphatic heterocycles. The minimum atomic E-state index is -5.24. The second-order valence-electron chi connectivity index (χ2n) is 11.9. The summed E-state index contributed by atoms with van der Waals surface area (Å²) in [5.41, 5.74) is 4.37. The highest BCUT2D eigenvalue weighted by Crippen LogP contribution is 2.57. The number of rotatable bonds is 7. The molecule has 4 rings (SSSR count). The van der Waals surface area contributed by atoms with Gasteiger partial charge in [0.2, 0.25) is 23.6 Å². The van der Waals surface area contributed by atoms with Crippen molar-refractivity contribution in [1.82, 2.24) is 20.9 Å². The Kier molecular flexibility index (Phi) is 6.71. The maximum Gasteiger partial charge on any atom is 0.471 e. The van der Waals surface area contributed by atoms with E-state index in [9.17, 15) is 37.1 Å². The molecule has 4 fully saturated rings. The third-order valence-corrected chi connectivity index (χ3v) is 8.34. The molecule has 13 heteroatoms. The van der Waals surface area contributed by atoms with Crippen LogP contribution in [0.5, 0.6) is 0 Å². The van der Waals surface area contributed by atoms with Crippen LogP contribution in [0.25, 0.3) is 0 Å². The Morgan fingerprint density at radius 1 is 1.16 bits per heavy atom. The lowest BCUT2D eigenvalue weighted by atomic mass is 9.78. The van der Waals surface area contributed by atoms with Crippen LogP contribution in [-0.2, 0) is 24.0 Å². The van der Waals surface area contributed by atoms with E-state index in [1.165, 1.54) is 20.8 Å². The van der Waals surface area contributed by atoms with Gasteiger partial charge in [-0.15, -0.1) is 0 Å². The fraction of sp³-hybridized carbons (Fsp3) is 0.800. The van der Waals surface area contributed by atoms with Gasteiger partial charge < -0.3 is 26.6 Å². The van der Waals surface area contributed by atoms with Crippen molar-refractivity contribution in [3.05, 3.63) is 0 Å². The van der Waals surface area contributed by atoms with Crippen LogP contribution in [-0.4, -0.2) is 71.8 Å². The third-order valence-electron chi connectivity index (χ3n) is 8.34. The predicted octanol–water partition coefficient (Wildman–Crippen LogP) is 0.449. The smallest absolute Gasteiger partial charge is 0.368 e. The summed E-state index contributed by atoms with van der Waals surface area (Å²) in [6.07, 6.45) is -5.88. The molecule has 5 amide bonds. The monoisotopic (exact) mass is 545 g/mol. The first kappa shape index (κ1) is 25.4. The molecule has 212 valence electrons. The summed E-state index contributed by atoms with van der Waals surface area (Å²) in [6, 6.07) is -4.13. The molecule has 10 atom stereocenters. The summed E-state index contributed by atoms with van der Waals surface area (Å²) in [5.74, 6) is -7.26. The quantitative estimate of drug-likeness (QED) is 0.366. The molecule has 0 aromatic carbocycles. The van der Waals surface area contributed by atoms with Crippen molar-refractivity contribution >= 4 is 29.5 Å². The molecule has 38 heavy (non-hydrogen) atoms. The number of amides is 5. The third kappa shape index (κ3) is 5.33. The summed E-state index contributed by atoms with van der Waals surface area (Å²) in [6.45, 7) is 4.83. The van der Waals surface area contributed by atoms with Gasteiger partial charge in [0.05, 0.1) is 0 Å². The number of fused-ring (bicyclic) bond motifs is 5. The van der Waals surface area contributed by atoms with E-state index in [0.717, 1.165) is 4.90 Å². The van der Waals surface area contributed by atoms with Gasteiger partial charge in [-0.25, -0.2) is 0 Å². The molecule has 4 aliphatic rings. The molecule has 2 saturated heterocycles. The largest absolute Gasteiger partial charge is 0.471 e. The highest BCUT2D eigenvalue weighted by Gasteiger charge is 2.60. The van der Waals surface area contributed by atoms with Crippen LogP contribution in [0.4, 0.5) is 13.2 Å². The summed E-state index contributed by atoms with van der Waals surface area (Å²) < 4.78 is 56.3. The van der Waals surface area contributed by atoms with Crippen molar-refractivity contribution in [2.45, 2.75) is 77.1 Å². The van der Waals surface area contributed by atoms with Crippen LogP contribution in [0.15, 0.2) is 0 Å². The predicted molar refractivity (Wildman–Crippen MR) is 128 cm³/mol. The van der Waals surface area contributed by atoms with Crippen molar-refractivity contribution < 1.29 is 39.9 Å². The number of carbonyl (C=O) groups excluding carboxylic acids is 5. The standard InChI is InChI=1S/C25H36F3N5O5/c1-24(2,3)18(32-23(38)25(26,27)28)22(37)33-10-14-11-4-5-12(8-11)16(14)17(33)21(36)31-15(19(29)34)9-13-6-7-30-20(13)35/h11-18H,4-10H2,1-3H3,(H2,29,34)(H,30,35)(H,31,36)(H,32,38)/t11-,12+,13+,14-,15+,16+,17+,18-/m1/s1/i4D,5D/t4-,5+,11+,12-,13-,14+,15-,16-,17-,18+/m0. The molecule has 2 aliphatic carbocycles. The summed E-state index contributed by atoms with van der Waals surface area (Å²) >= 11 is 0. The van der Waals surface area contributed by atoms with Gasteiger partial charge in [-0.3, -0.25) is 24.0 Å². The van der Waals surface area contributed by atoms with Crippen molar-refractivity contribution in [2.24, 2.45) is 40.7 Å². The minimum Gasteiger partial charge on any atom is -0.368 e. The Morgan fingerprint density at radius 2 is 1.82 bits per heavy atom. The fourth-order valence-electron chi connectivity index (χ4n) is 6.47. The highest BCUT2D eigenvalue weighted by molar-refractivity contribution is 5.96. The number of likely N-dealkylation sites (tertiary alicyclic amines) is 1. The Morgan fingerprint density at radius 3 is 2.37 bits per heavy atom. The zero-order valence-corrected chi connectivity index (χ0v) is 21.5. The van der Waals surface area contributed by atoms with E-state index in [0.29, 0.717) is 19.4 Å². The highest BCUT2D eigenvalue weighted by atomic mass is 19.4. The molecule has 0 radical (unpaired) electrons. The van der Waals surface area contributed by atoms with Crippen LogP contribution in [0.2, 0.25) is 0 Å². The van der Waals surface area contributed by atoms with Gasteiger partial charge in [0.25, 0.3) is 0 Å². The molecule has 5 N–H and O–H groups in total. The van der Waals surface area contributed by atoms with E-state index in [4.69, 9.17) is 8.48 Å². The molecule has 0 spiro atoms. The van der Waals surface area contributed by atoms with Gasteiger partial charge in [0.15, 0.2) is 0 Å². The zero-order valence-electron chi connectivity index (χ0n) is 23.5. The van der Waals surface area contributed by atoms with E-state index in [1.807, 2.05) is 0 Å². The number of carbonyl (C=O) groups is 5. The Labute approximate surface area is 221 Å². The van der Waals surface area contributed by atoms with Gasteiger partial charge in [0.1, 0.15) is 18.1 Å². The molecular formula is C25H36F3N5O5. The lowest BCUT2D eigenvalue weighted by Gasteiger charge is -2.37. The molecule has 0 aromatic heterocycles. The second-order valence-corrected chi connectivity index (χ2v) is 11.9. The molecule has 0 aromatic rings. The summed E-state index contributed by atoms with van der Waals surface area (Å²) in [7, 11) is 0. The first-order chi connectivity index (χ1) is 18.4. The lowest BCUT2D eigenvalue weighted by Crippen LogP contribution is -2.61. The number of nitrogens with two attached hydrogens (primary N) is 1. The normalized spacial score (nSPS) is 36.6. The lowest BCUT2D eigenvalue weighted by molar-refractivity contribution is -0.176. The van der Waals surface area contributed by atoms with Gasteiger partial charge in [-0.2, -0.15) is 13.2 Å². The first-order valence-corrected chi connectivity index (χ1v) is 12.8. The first-order valence-electron chi connectivity index (χ1n) is 14.0. The molecule has 2 bridgehead atoms. The maximum atomic E-state index is 13.9. The van der Waals surface area contributed by atoms with Crippen molar-refractivity contribution in [2.75, 3.05) is 13.1 Å². The number of hydrogen-bond acceptors (Lipinski definition) is 5. The van der Waals surface area contributed by atoms with Crippen LogP contribution >= 0.6 is 0 Å². The van der Waals surface area contributed by atoms with Gasteiger partial charge in [-0.1, -0.05) is 20.8 Å². The average molecular weight is 546 g/mol. The fourth-order valence-corrected chi connectivity index (χ4v) is 6.47. The molecule has 2 saturated carbocycles. The van der Waals surface area contributed by atoms with E-state index in [1.54, 1.807) is 5.32 Å². The SMILES string of the molecule is [2H][C@@H]1[C@H]([2H])[C@@H]2C[C@H]1[C@H]1[C@@H]2CN(C(=O)[C@@H](NC(=O)C(F)(F)F)C(C)(C)C)[C@@H]1C(=O)N[C@@H](C[C@@H]1CCNC1=O)C(N)=O. The number of nitrogens with zero attached hydrogens (tertiary/aromatic N) is 1. The number of hydrogen-bond donors (Lipinski definition) is 4. The van der Waals surface area contributed by atoms with E-state index in [2.05, 4.69) is 10.6 Å². The topological polar surface area (TPSA) is 151 Å². The number of halogens is 3. The Bertz CT molecular complexity index is 1090. The van der Waals surface area contributed by atoms with Crippen LogP contribution < -0.4 is 21.7 Å². The average Bonchev–Trinajstić information content (AvgIpc) is 3.57. The maximum absolute atomic E-state index is 13.9. The molecular weight excluding hydrogens is 507 g/mol. The zero-order chi connectivity index (χ0) is 29.9. The summed E-state index contributed by atoms with van der Waals surface area (Å²) in [5, 5.41) is 7.00. The van der Waals surface area contributed by atoms with Gasteiger partial charge in [0, 0.05) is 21.7 Å². The molecule has 2 heterocycles. The molecule has 10 nitrogen and oxygen atoms in total. The van der Waals surface area contributed by atoms with Gasteiger partial charge in [-0.05, 0) is 61.1 Å². The number of primary amides is 1. The van der Waals surface area contributed by atoms with Crippen molar-refractivity contribution in [1.29, 1.82) is 0 Å². The van der Waals surface area contributed by atoms with Crippen molar-refractivity contribution in [3.8, 4) is 0 Å². The number of nitrogens with one attached hydrogen (secondary N) is 3. The second kappa shape index (κ2) is 10.0. The van der Waals surface area contributed by atoms with Gasteiger partial charge >= 0.3 is 12.1 Å². The van der Waals surface area contributed by atoms with E-state index < -0.39 is 83.9 Å². The number of alkyl halides is 3. The van der Waals surface area contributed by atoms with E-state index >= 15 is 0 Å². The van der Waals surface area contributed by atoms with E-state index in [-0.39, 0.29) is 30.7 Å². The van der Waals surface area contributed by atoms with Crippen LogP contribution in [0, 0.1) is 35.0 Å².